The van der Waals surface area contributed by atoms with E-state index in [4.69, 9.17) is 23.9 Å². The number of thiazole rings is 1. The highest BCUT2D eigenvalue weighted by Gasteiger charge is 2.36. The van der Waals surface area contributed by atoms with E-state index in [0.29, 0.717) is 48.6 Å². The number of nitrogens with zero attached hydrogens (tertiary/aromatic N) is 2. The first-order valence-electron chi connectivity index (χ1n) is 12.3. The van der Waals surface area contributed by atoms with Gasteiger partial charge in [-0.3, -0.25) is 9.36 Å². The molecular formula is C28H29BrN2O7S. The lowest BCUT2D eigenvalue weighted by atomic mass is 9.93. The van der Waals surface area contributed by atoms with Gasteiger partial charge >= 0.3 is 5.97 Å². The fraction of sp³-hybridized carbons (Fsp3) is 0.321. The Bertz CT molecular complexity index is 1620. The molecule has 2 aromatic carbocycles. The summed E-state index contributed by atoms with van der Waals surface area (Å²) in [6.45, 7) is 3.89. The van der Waals surface area contributed by atoms with Crippen molar-refractivity contribution in [3.63, 3.8) is 0 Å². The average molecular weight is 618 g/mol. The Balaban J connectivity index is 2.08. The van der Waals surface area contributed by atoms with E-state index in [1.165, 1.54) is 30.1 Å². The Morgan fingerprint density at radius 2 is 1.87 bits per heavy atom. The Morgan fingerprint density at radius 3 is 2.51 bits per heavy atom. The van der Waals surface area contributed by atoms with Gasteiger partial charge in [-0.15, -0.1) is 0 Å². The molecule has 3 aromatic rings. The molecule has 0 amide bonds. The zero-order valence-corrected chi connectivity index (χ0v) is 24.6. The second kappa shape index (κ2) is 12.1. The van der Waals surface area contributed by atoms with E-state index < -0.39 is 12.0 Å². The third-order valence-corrected chi connectivity index (χ3v) is 7.64. The SMILES string of the molecule is CCCC1=C(C(=O)OCC)[C@H](c2cc(OC)ccc2OC)n2c(s/c(=C\c3cc(Br)cc(OC)c3O)c2=O)=N1. The molecule has 206 valence electrons. The molecule has 9 nitrogen and oxygen atoms in total. The van der Waals surface area contributed by atoms with E-state index >= 15 is 0 Å². The molecule has 0 spiro atoms. The van der Waals surface area contributed by atoms with E-state index in [9.17, 15) is 14.7 Å². The van der Waals surface area contributed by atoms with Crippen LogP contribution in [0.4, 0.5) is 0 Å². The minimum atomic E-state index is -0.875. The highest BCUT2D eigenvalue weighted by molar-refractivity contribution is 9.10. The van der Waals surface area contributed by atoms with Gasteiger partial charge in [-0.05, 0) is 49.8 Å². The summed E-state index contributed by atoms with van der Waals surface area (Å²) in [6, 6.07) is 7.67. The number of ether oxygens (including phenoxy) is 4. The van der Waals surface area contributed by atoms with Crippen LogP contribution in [0.5, 0.6) is 23.0 Å². The summed E-state index contributed by atoms with van der Waals surface area (Å²) in [5.41, 5.74) is 1.38. The summed E-state index contributed by atoms with van der Waals surface area (Å²) in [5, 5.41) is 10.7. The van der Waals surface area contributed by atoms with Gasteiger partial charge in [0.05, 0.1) is 43.7 Å². The van der Waals surface area contributed by atoms with Gasteiger partial charge in [0, 0.05) is 15.6 Å². The van der Waals surface area contributed by atoms with Crippen LogP contribution in [-0.4, -0.2) is 43.6 Å². The number of allylic oxidation sites excluding steroid dienone is 1. The summed E-state index contributed by atoms with van der Waals surface area (Å²) in [6.07, 6.45) is 2.82. The van der Waals surface area contributed by atoms with Crippen molar-refractivity contribution in [2.45, 2.75) is 32.7 Å². The summed E-state index contributed by atoms with van der Waals surface area (Å²) < 4.78 is 24.3. The predicted molar refractivity (Wildman–Crippen MR) is 152 cm³/mol. The molecule has 0 unspecified atom stereocenters. The van der Waals surface area contributed by atoms with Crippen LogP contribution in [0.3, 0.4) is 0 Å². The quantitative estimate of drug-likeness (QED) is 0.361. The minimum absolute atomic E-state index is 0.101. The number of rotatable bonds is 9. The fourth-order valence-electron chi connectivity index (χ4n) is 4.47. The Morgan fingerprint density at radius 1 is 1.13 bits per heavy atom. The molecule has 39 heavy (non-hydrogen) atoms. The number of aromatic nitrogens is 1. The van der Waals surface area contributed by atoms with Crippen LogP contribution in [0.2, 0.25) is 0 Å². The molecule has 0 radical (unpaired) electrons. The molecule has 0 saturated carbocycles. The molecule has 4 rings (SSSR count). The Kier molecular flexibility index (Phi) is 8.81. The molecular weight excluding hydrogens is 588 g/mol. The van der Waals surface area contributed by atoms with Crippen molar-refractivity contribution < 1.29 is 28.8 Å². The zero-order chi connectivity index (χ0) is 28.3. The highest BCUT2D eigenvalue weighted by Crippen LogP contribution is 2.39. The zero-order valence-electron chi connectivity index (χ0n) is 22.2. The van der Waals surface area contributed by atoms with Gasteiger partial charge in [-0.25, -0.2) is 9.79 Å². The van der Waals surface area contributed by atoms with Gasteiger partial charge < -0.3 is 24.1 Å². The molecule has 11 heteroatoms. The van der Waals surface area contributed by atoms with Gasteiger partial charge in [0.15, 0.2) is 16.3 Å². The molecule has 1 atom stereocenters. The maximum Gasteiger partial charge on any atom is 0.338 e. The number of aromatic hydroxyl groups is 1. The van der Waals surface area contributed by atoms with Gasteiger partial charge in [-0.2, -0.15) is 0 Å². The van der Waals surface area contributed by atoms with E-state index in [1.807, 2.05) is 6.92 Å². The summed E-state index contributed by atoms with van der Waals surface area (Å²) >= 11 is 4.58. The highest BCUT2D eigenvalue weighted by atomic mass is 79.9. The number of halogens is 1. The molecule has 2 heterocycles. The van der Waals surface area contributed by atoms with Crippen molar-refractivity contribution in [2.24, 2.45) is 4.99 Å². The van der Waals surface area contributed by atoms with Crippen LogP contribution < -0.4 is 29.1 Å². The topological polar surface area (TPSA) is 109 Å². The lowest BCUT2D eigenvalue weighted by Gasteiger charge is -2.27. The normalized spacial score (nSPS) is 15.0. The number of esters is 1. The van der Waals surface area contributed by atoms with E-state index in [1.54, 1.807) is 50.4 Å². The summed E-state index contributed by atoms with van der Waals surface area (Å²) in [7, 11) is 4.52. The van der Waals surface area contributed by atoms with Crippen LogP contribution in [0, 0.1) is 0 Å². The molecule has 0 aliphatic carbocycles. The lowest BCUT2D eigenvalue weighted by Crippen LogP contribution is -2.40. The number of fused-ring (bicyclic) bond motifs is 1. The van der Waals surface area contributed by atoms with Gasteiger partial charge in [-0.1, -0.05) is 40.6 Å². The van der Waals surface area contributed by atoms with Gasteiger partial charge in [0.2, 0.25) is 0 Å². The number of benzene rings is 2. The molecule has 1 aromatic heterocycles. The second-order valence-electron chi connectivity index (χ2n) is 8.57. The van der Waals surface area contributed by atoms with Crippen molar-refractivity contribution >= 4 is 39.3 Å². The van der Waals surface area contributed by atoms with Crippen LogP contribution in [0.25, 0.3) is 6.08 Å². The standard InChI is InChI=1S/C28H29BrN2O7S/c1-6-8-19-23(27(34)38-7-2)24(18-14-17(35-3)9-10-20(18)36-4)31-26(33)22(39-28(31)30-19)12-15-11-16(29)13-21(37-5)25(15)32/h9-14,24,32H,6-8H2,1-5H3/b22-12-/t24-/m0/s1. The monoisotopic (exact) mass is 616 g/mol. The van der Waals surface area contributed by atoms with Crippen LogP contribution in [0.1, 0.15) is 43.9 Å². The van der Waals surface area contributed by atoms with Crippen molar-refractivity contribution in [1.82, 2.24) is 4.57 Å². The number of phenols is 1. The fourth-order valence-corrected chi connectivity index (χ4v) is 5.93. The number of carbonyl (C=O) groups is 1. The average Bonchev–Trinajstić information content (AvgIpc) is 3.23. The maximum atomic E-state index is 14.0. The predicted octanol–water partition coefficient (Wildman–Crippen LogP) is 4.07. The smallest absolute Gasteiger partial charge is 0.338 e. The van der Waals surface area contributed by atoms with Crippen molar-refractivity contribution in [1.29, 1.82) is 0 Å². The Labute approximate surface area is 237 Å². The molecule has 0 bridgehead atoms. The van der Waals surface area contributed by atoms with Crippen LogP contribution in [-0.2, 0) is 9.53 Å². The van der Waals surface area contributed by atoms with Crippen molar-refractivity contribution in [3.8, 4) is 23.0 Å². The van der Waals surface area contributed by atoms with Crippen molar-refractivity contribution in [2.75, 3.05) is 27.9 Å². The number of hydrogen-bond donors (Lipinski definition) is 1. The molecule has 1 aliphatic rings. The minimum Gasteiger partial charge on any atom is -0.504 e. The summed E-state index contributed by atoms with van der Waals surface area (Å²) in [5.74, 6) is 0.623. The van der Waals surface area contributed by atoms with E-state index in [-0.39, 0.29) is 29.2 Å². The molecule has 1 aliphatic heterocycles. The molecule has 0 saturated heterocycles. The second-order valence-corrected chi connectivity index (χ2v) is 10.5. The van der Waals surface area contributed by atoms with Gasteiger partial charge in [0.1, 0.15) is 17.5 Å². The first-order valence-corrected chi connectivity index (χ1v) is 13.9. The number of hydrogen-bond acceptors (Lipinski definition) is 9. The first kappa shape index (κ1) is 28.4. The largest absolute Gasteiger partial charge is 0.504 e. The van der Waals surface area contributed by atoms with Crippen LogP contribution in [0.15, 0.2) is 55.9 Å². The Hall–Kier alpha value is -3.57. The number of methoxy groups -OCH3 is 3. The van der Waals surface area contributed by atoms with E-state index in [2.05, 4.69) is 15.9 Å². The lowest BCUT2D eigenvalue weighted by molar-refractivity contribution is -0.139. The van der Waals surface area contributed by atoms with Crippen LogP contribution >= 0.6 is 27.3 Å². The maximum absolute atomic E-state index is 14.0. The third kappa shape index (κ3) is 5.46. The number of phenolic OH excluding ortho intramolecular Hbond substituents is 1. The third-order valence-electron chi connectivity index (χ3n) is 6.20. The van der Waals surface area contributed by atoms with E-state index in [0.717, 1.165) is 6.42 Å². The first-order chi connectivity index (χ1) is 18.8. The van der Waals surface area contributed by atoms with Crippen molar-refractivity contribution in [3.05, 3.63) is 76.9 Å². The van der Waals surface area contributed by atoms with Gasteiger partial charge in [0.25, 0.3) is 5.56 Å². The number of carbonyl (C=O) groups excluding carboxylic acids is 1. The summed E-state index contributed by atoms with van der Waals surface area (Å²) in [4.78, 5) is 32.6. The molecule has 0 fully saturated rings. The molecule has 1 N–H and O–H groups in total.